The molecule has 86 valence electrons. The Balaban J connectivity index is 4.04. The highest BCUT2D eigenvalue weighted by Crippen LogP contribution is 2.24. The molecule has 0 nitrogen and oxygen atoms in total. The van der Waals surface area contributed by atoms with E-state index in [1.54, 1.807) is 17.8 Å². The van der Waals surface area contributed by atoms with Crippen molar-refractivity contribution in [2.45, 2.75) is 20.3 Å². The molecule has 0 aliphatic carbocycles. The minimum atomic E-state index is 0.967. The van der Waals surface area contributed by atoms with Crippen LogP contribution in [0, 0.1) is 0 Å². The van der Waals surface area contributed by atoms with E-state index in [0.717, 1.165) is 11.3 Å². The molecule has 0 radical (unpaired) electrons. The molecule has 0 spiro atoms. The molecule has 0 bridgehead atoms. The maximum absolute atomic E-state index is 3.99. The Hall–Kier alpha value is -1.21. The first-order valence-electron chi connectivity index (χ1n) is 5.31. The number of allylic oxidation sites excluding steroid dienone is 9. The largest absolute Gasteiger partial charge is 0.0991 e. The van der Waals surface area contributed by atoms with Crippen molar-refractivity contribution in [2.75, 3.05) is 0 Å². The van der Waals surface area contributed by atoms with Crippen LogP contribution in [-0.4, -0.2) is 0 Å². The lowest BCUT2D eigenvalue weighted by Crippen LogP contribution is -1.69. The highest BCUT2D eigenvalue weighted by Gasteiger charge is 1.90. The molecule has 0 aromatic carbocycles. The van der Waals surface area contributed by atoms with Gasteiger partial charge in [0, 0.05) is 4.91 Å². The third-order valence-corrected chi connectivity index (χ3v) is 2.54. The van der Waals surface area contributed by atoms with Gasteiger partial charge in [-0.25, -0.2) is 0 Å². The zero-order valence-electron chi connectivity index (χ0n) is 10.1. The summed E-state index contributed by atoms with van der Waals surface area (Å²) in [6.07, 6.45) is 17.0. The Morgan fingerprint density at radius 3 is 2.62 bits per heavy atom. The predicted octanol–water partition coefficient (Wildman–Crippen LogP) is 5.40. The van der Waals surface area contributed by atoms with E-state index < -0.39 is 0 Å². The monoisotopic (exact) mass is 232 g/mol. The van der Waals surface area contributed by atoms with E-state index in [9.17, 15) is 0 Å². The van der Waals surface area contributed by atoms with Crippen molar-refractivity contribution in [3.8, 4) is 0 Å². The van der Waals surface area contributed by atoms with Crippen LogP contribution < -0.4 is 0 Å². The molecule has 0 aliphatic heterocycles. The van der Waals surface area contributed by atoms with E-state index >= 15 is 0 Å². The maximum Gasteiger partial charge on any atom is 0.00435 e. The van der Waals surface area contributed by atoms with Crippen molar-refractivity contribution in [3.05, 3.63) is 71.6 Å². The van der Waals surface area contributed by atoms with Crippen LogP contribution in [0.2, 0.25) is 0 Å². The third-order valence-electron chi connectivity index (χ3n) is 1.68. The average molecular weight is 232 g/mol. The minimum absolute atomic E-state index is 0.967. The summed E-state index contributed by atoms with van der Waals surface area (Å²) in [5.41, 5.74) is 0. The van der Waals surface area contributed by atoms with E-state index in [1.165, 1.54) is 4.91 Å². The van der Waals surface area contributed by atoms with Crippen LogP contribution in [0.1, 0.15) is 20.3 Å². The van der Waals surface area contributed by atoms with Crippen molar-refractivity contribution in [1.29, 1.82) is 0 Å². The zero-order chi connectivity index (χ0) is 12.2. The van der Waals surface area contributed by atoms with Gasteiger partial charge in [0.15, 0.2) is 0 Å². The zero-order valence-corrected chi connectivity index (χ0v) is 11.0. The molecule has 0 atom stereocenters. The summed E-state index contributed by atoms with van der Waals surface area (Å²) in [6.45, 7) is 11.7. The highest BCUT2D eigenvalue weighted by atomic mass is 32.2. The Labute approximate surface area is 104 Å². The second kappa shape index (κ2) is 10.3. The molecule has 0 aliphatic rings. The molecule has 0 fully saturated rings. The van der Waals surface area contributed by atoms with E-state index in [2.05, 4.69) is 44.4 Å². The van der Waals surface area contributed by atoms with Gasteiger partial charge >= 0.3 is 0 Å². The average Bonchev–Trinajstić information content (AvgIpc) is 2.25. The molecule has 0 N–H and O–H groups in total. The van der Waals surface area contributed by atoms with Crippen LogP contribution >= 0.6 is 11.8 Å². The molecule has 0 unspecified atom stereocenters. The van der Waals surface area contributed by atoms with Crippen LogP contribution in [0.5, 0.6) is 0 Å². The quantitative estimate of drug-likeness (QED) is 0.418. The van der Waals surface area contributed by atoms with E-state index in [1.807, 2.05) is 25.2 Å². The first-order valence-corrected chi connectivity index (χ1v) is 6.12. The fraction of sp³-hybridized carbons (Fsp3) is 0.200. The first kappa shape index (κ1) is 14.8. The van der Waals surface area contributed by atoms with Crippen molar-refractivity contribution in [3.63, 3.8) is 0 Å². The minimum Gasteiger partial charge on any atom is -0.0991 e. The Morgan fingerprint density at radius 2 is 2.00 bits per heavy atom. The highest BCUT2D eigenvalue weighted by molar-refractivity contribution is 8.06. The summed E-state index contributed by atoms with van der Waals surface area (Å²) >= 11 is 1.68. The summed E-state index contributed by atoms with van der Waals surface area (Å²) in [4.78, 5) is 2.28. The van der Waals surface area contributed by atoms with Gasteiger partial charge in [-0.2, -0.15) is 0 Å². The van der Waals surface area contributed by atoms with Gasteiger partial charge in [-0.3, -0.25) is 0 Å². The second-order valence-electron chi connectivity index (χ2n) is 3.17. The van der Waals surface area contributed by atoms with Crippen molar-refractivity contribution >= 4 is 11.8 Å². The van der Waals surface area contributed by atoms with Crippen LogP contribution in [0.4, 0.5) is 0 Å². The Morgan fingerprint density at radius 1 is 1.25 bits per heavy atom. The standard InChI is InChI=1S/C15H20S/c1-5-7-9-11-13-15(4)16-14(3)12-10-8-6-2/h5-8,10-13H,2,4,9H2,1,3H3/b7-5-,10-8-,13-11-,14-12+. The summed E-state index contributed by atoms with van der Waals surface area (Å²) in [5, 5.41) is 0. The molecule has 1 heteroatoms. The lowest BCUT2D eigenvalue weighted by atomic mass is 10.3. The predicted molar refractivity (Wildman–Crippen MR) is 78.4 cm³/mol. The fourth-order valence-corrected chi connectivity index (χ4v) is 1.68. The number of thioether (sulfide) groups is 1. The van der Waals surface area contributed by atoms with E-state index in [4.69, 9.17) is 0 Å². The van der Waals surface area contributed by atoms with Crippen LogP contribution in [0.3, 0.4) is 0 Å². The van der Waals surface area contributed by atoms with Gasteiger partial charge in [0.2, 0.25) is 0 Å². The van der Waals surface area contributed by atoms with Gasteiger partial charge in [0.25, 0.3) is 0 Å². The molecular formula is C15H20S. The Kier molecular flexibility index (Phi) is 9.53. The van der Waals surface area contributed by atoms with Crippen LogP contribution in [0.15, 0.2) is 71.6 Å². The van der Waals surface area contributed by atoms with Gasteiger partial charge < -0.3 is 0 Å². The second-order valence-corrected chi connectivity index (χ2v) is 4.55. The van der Waals surface area contributed by atoms with Crippen molar-refractivity contribution in [1.82, 2.24) is 0 Å². The lowest BCUT2D eigenvalue weighted by molar-refractivity contribution is 1.38. The first-order chi connectivity index (χ1) is 7.70. The number of rotatable bonds is 7. The molecule has 0 aromatic heterocycles. The summed E-state index contributed by atoms with van der Waals surface area (Å²) in [6, 6.07) is 0. The van der Waals surface area contributed by atoms with Gasteiger partial charge in [0.05, 0.1) is 0 Å². The number of hydrogen-bond acceptors (Lipinski definition) is 1. The van der Waals surface area contributed by atoms with Gasteiger partial charge in [-0.1, -0.05) is 73.5 Å². The fourth-order valence-electron chi connectivity index (χ4n) is 0.959. The molecule has 0 saturated heterocycles. The molecule has 0 rings (SSSR count). The van der Waals surface area contributed by atoms with Crippen molar-refractivity contribution < 1.29 is 0 Å². The van der Waals surface area contributed by atoms with Gasteiger partial charge in [0.1, 0.15) is 0 Å². The topological polar surface area (TPSA) is 0 Å². The van der Waals surface area contributed by atoms with E-state index in [0.29, 0.717) is 0 Å². The summed E-state index contributed by atoms with van der Waals surface area (Å²) in [5.74, 6) is 0. The number of hydrogen-bond donors (Lipinski definition) is 0. The Bertz CT molecular complexity index is 327. The van der Waals surface area contributed by atoms with E-state index in [-0.39, 0.29) is 0 Å². The molecular weight excluding hydrogens is 212 g/mol. The molecule has 0 aromatic rings. The normalized spacial score (nSPS) is 13.0. The van der Waals surface area contributed by atoms with Crippen LogP contribution in [-0.2, 0) is 0 Å². The van der Waals surface area contributed by atoms with Crippen LogP contribution in [0.25, 0.3) is 0 Å². The van der Waals surface area contributed by atoms with Crippen molar-refractivity contribution in [2.24, 2.45) is 0 Å². The molecule has 16 heavy (non-hydrogen) atoms. The summed E-state index contributed by atoms with van der Waals surface area (Å²) < 4.78 is 0. The molecule has 0 saturated carbocycles. The van der Waals surface area contributed by atoms with Gasteiger partial charge in [-0.05, 0) is 25.2 Å². The summed E-state index contributed by atoms with van der Waals surface area (Å²) in [7, 11) is 0. The third kappa shape index (κ3) is 9.35. The molecule has 0 amide bonds. The lowest BCUT2D eigenvalue weighted by Gasteiger charge is -1.98. The SMILES string of the molecule is C=C/C=C\C=C(/C)SC(=C)/C=C\C/C=C\C. The maximum atomic E-state index is 3.99. The van der Waals surface area contributed by atoms with Gasteiger partial charge in [-0.15, -0.1) is 0 Å². The molecule has 0 heterocycles. The smallest absolute Gasteiger partial charge is 0.00435 e.